The van der Waals surface area contributed by atoms with E-state index in [1.54, 1.807) is 5.57 Å². The molecule has 1 spiro atoms. The number of hydrogen-bond acceptors (Lipinski definition) is 5. The number of hydrogen-bond donors (Lipinski definition) is 0. The van der Waals surface area contributed by atoms with Crippen LogP contribution in [0.3, 0.4) is 0 Å². The Morgan fingerprint density at radius 3 is 2.63 bits per heavy atom. The third-order valence-electron chi connectivity index (χ3n) is 9.59. The largest absolute Gasteiger partial charge is 0.462 e. The Balaban J connectivity index is 1.47. The average molecular weight is 446 g/mol. The fourth-order valence-corrected chi connectivity index (χ4v) is 11.0. The van der Waals surface area contributed by atoms with E-state index >= 15 is 0 Å². The molecule has 0 unspecified atom stereocenters. The number of nitrogens with zero attached hydrogens (tertiary/aromatic N) is 1. The minimum absolute atomic E-state index is 0.0425. The first kappa shape index (κ1) is 21.3. The maximum absolute atomic E-state index is 12.1. The Morgan fingerprint density at radius 2 is 1.93 bits per heavy atom. The molecule has 0 radical (unpaired) electrons. The highest BCUT2D eigenvalue weighted by molar-refractivity contribution is 8.21. The van der Waals surface area contributed by atoms with Gasteiger partial charge in [0.15, 0.2) is 0 Å². The Kier molecular flexibility index (Phi) is 5.30. The standard InChI is InChI=1S/C25H35NO2S2/c1-4-21(27)28-20-6-5-18-22-16(15-26)13-17-14-25(29-11-12-30-25)10-9-23(17,2)19(22)7-8-24(18,20)3/h14,16,18-20,22H,4-13H2,1-3H3/t16-,18-,19-,20-,22-,23-,24-/m0/s1. The minimum Gasteiger partial charge on any atom is -0.462 e. The zero-order chi connectivity index (χ0) is 21.1. The van der Waals surface area contributed by atoms with Gasteiger partial charge in [-0.15, -0.1) is 23.5 Å². The molecule has 1 saturated heterocycles. The van der Waals surface area contributed by atoms with Crippen molar-refractivity contribution in [2.24, 2.45) is 34.5 Å². The van der Waals surface area contributed by atoms with Crippen molar-refractivity contribution in [1.82, 2.24) is 0 Å². The predicted molar refractivity (Wildman–Crippen MR) is 124 cm³/mol. The van der Waals surface area contributed by atoms with Crippen LogP contribution in [0.4, 0.5) is 0 Å². The summed E-state index contributed by atoms with van der Waals surface area (Å²) in [6, 6.07) is 2.77. The molecule has 0 aromatic heterocycles. The molecule has 30 heavy (non-hydrogen) atoms. The van der Waals surface area contributed by atoms with Crippen LogP contribution in [0.2, 0.25) is 0 Å². The van der Waals surface area contributed by atoms with Crippen LogP contribution in [0.15, 0.2) is 11.6 Å². The normalized spacial score (nSPS) is 46.3. The van der Waals surface area contributed by atoms with E-state index in [1.165, 1.54) is 30.8 Å². The lowest BCUT2D eigenvalue weighted by atomic mass is 9.45. The van der Waals surface area contributed by atoms with Gasteiger partial charge in [0.05, 0.1) is 16.1 Å². The molecule has 0 N–H and O–H groups in total. The van der Waals surface area contributed by atoms with Crippen LogP contribution in [0.1, 0.15) is 72.1 Å². The summed E-state index contributed by atoms with van der Waals surface area (Å²) in [6.07, 6.45) is 11.0. The SMILES string of the molecule is CCC(=O)O[C@H]1CC[C@H]2[C@@H]3[C@H](C#N)CC4=CC5(CC[C@]4(C)[C@H]3CC[C@]12C)SCCS5. The lowest BCUT2D eigenvalue weighted by Crippen LogP contribution is -2.54. The van der Waals surface area contributed by atoms with E-state index in [0.717, 1.165) is 25.7 Å². The van der Waals surface area contributed by atoms with Crippen LogP contribution in [0, 0.1) is 45.8 Å². The van der Waals surface area contributed by atoms with Crippen LogP contribution in [-0.2, 0) is 9.53 Å². The van der Waals surface area contributed by atoms with Crippen molar-refractivity contribution in [2.75, 3.05) is 11.5 Å². The number of allylic oxidation sites excluding steroid dienone is 1. The fraction of sp³-hybridized carbons (Fsp3) is 0.840. The summed E-state index contributed by atoms with van der Waals surface area (Å²) in [6.45, 7) is 6.76. The van der Waals surface area contributed by atoms with Crippen LogP contribution < -0.4 is 0 Å². The lowest BCUT2D eigenvalue weighted by molar-refractivity contribution is -0.160. The van der Waals surface area contributed by atoms with Gasteiger partial charge in [-0.05, 0) is 68.1 Å². The third kappa shape index (κ3) is 3.03. The van der Waals surface area contributed by atoms with Crippen molar-refractivity contribution < 1.29 is 9.53 Å². The zero-order valence-electron chi connectivity index (χ0n) is 18.6. The summed E-state index contributed by atoms with van der Waals surface area (Å²) in [4.78, 5) is 12.1. The van der Waals surface area contributed by atoms with Crippen LogP contribution in [0.5, 0.6) is 0 Å². The molecule has 4 fully saturated rings. The number of rotatable bonds is 2. The highest BCUT2D eigenvalue weighted by Crippen LogP contribution is 2.69. The summed E-state index contributed by atoms with van der Waals surface area (Å²) < 4.78 is 6.23. The molecular formula is C25H35NO2S2. The lowest BCUT2D eigenvalue weighted by Gasteiger charge is -2.60. The Hall–Kier alpha value is -0.600. The third-order valence-corrected chi connectivity index (χ3v) is 13.0. The number of carbonyl (C=O) groups excluding carboxylic acids is 1. The van der Waals surface area contributed by atoms with Gasteiger partial charge in [0.2, 0.25) is 0 Å². The molecule has 1 aliphatic heterocycles. The van der Waals surface area contributed by atoms with Gasteiger partial charge in [-0.25, -0.2) is 0 Å². The molecule has 5 heteroatoms. The molecule has 0 bridgehead atoms. The number of thioether (sulfide) groups is 2. The number of ether oxygens (including phenoxy) is 1. The van der Waals surface area contributed by atoms with Crippen molar-refractivity contribution in [3.63, 3.8) is 0 Å². The smallest absolute Gasteiger partial charge is 0.305 e. The molecule has 7 atom stereocenters. The molecule has 1 heterocycles. The van der Waals surface area contributed by atoms with Crippen molar-refractivity contribution in [3.8, 4) is 6.07 Å². The van der Waals surface area contributed by atoms with Crippen LogP contribution in [0.25, 0.3) is 0 Å². The highest BCUT2D eigenvalue weighted by Gasteiger charge is 2.63. The topological polar surface area (TPSA) is 50.1 Å². The molecule has 164 valence electrons. The van der Waals surface area contributed by atoms with Crippen LogP contribution >= 0.6 is 23.5 Å². The quantitative estimate of drug-likeness (QED) is 0.374. The van der Waals surface area contributed by atoms with Crippen molar-refractivity contribution in [3.05, 3.63) is 11.6 Å². The molecule has 5 rings (SSSR count). The molecule has 4 aliphatic carbocycles. The average Bonchev–Trinajstić information content (AvgIpc) is 3.33. The van der Waals surface area contributed by atoms with Crippen molar-refractivity contribution in [2.45, 2.75) is 82.3 Å². The van der Waals surface area contributed by atoms with E-state index in [0.29, 0.717) is 24.2 Å². The van der Waals surface area contributed by atoms with E-state index in [9.17, 15) is 10.1 Å². The fourth-order valence-electron chi connectivity index (χ4n) is 7.90. The van der Waals surface area contributed by atoms with E-state index in [2.05, 4.69) is 49.5 Å². The van der Waals surface area contributed by atoms with Gasteiger partial charge >= 0.3 is 5.97 Å². The predicted octanol–water partition coefficient (Wildman–Crippen LogP) is 6.20. The summed E-state index contributed by atoms with van der Waals surface area (Å²) in [5.74, 6) is 4.15. The maximum Gasteiger partial charge on any atom is 0.305 e. The zero-order valence-corrected chi connectivity index (χ0v) is 20.2. The Morgan fingerprint density at radius 1 is 1.17 bits per heavy atom. The monoisotopic (exact) mass is 445 g/mol. The molecule has 3 nitrogen and oxygen atoms in total. The summed E-state index contributed by atoms with van der Waals surface area (Å²) >= 11 is 4.27. The van der Waals surface area contributed by atoms with Crippen LogP contribution in [-0.4, -0.2) is 27.7 Å². The summed E-state index contributed by atoms with van der Waals surface area (Å²) in [5.41, 5.74) is 1.90. The van der Waals surface area contributed by atoms with Gasteiger partial charge in [-0.1, -0.05) is 32.4 Å². The van der Waals surface area contributed by atoms with Gasteiger partial charge in [-0.3, -0.25) is 4.79 Å². The van der Waals surface area contributed by atoms with Gasteiger partial charge in [0, 0.05) is 23.3 Å². The first-order valence-electron chi connectivity index (χ1n) is 11.9. The number of esters is 1. The Bertz CT molecular complexity index is 797. The van der Waals surface area contributed by atoms with Crippen molar-refractivity contribution >= 4 is 29.5 Å². The van der Waals surface area contributed by atoms with E-state index in [4.69, 9.17) is 4.74 Å². The first-order valence-corrected chi connectivity index (χ1v) is 13.9. The van der Waals surface area contributed by atoms with E-state index < -0.39 is 0 Å². The molecular weight excluding hydrogens is 410 g/mol. The highest BCUT2D eigenvalue weighted by atomic mass is 32.2. The Labute approximate surface area is 190 Å². The van der Waals surface area contributed by atoms with Gasteiger partial charge in [-0.2, -0.15) is 5.26 Å². The molecule has 0 amide bonds. The second-order valence-electron chi connectivity index (χ2n) is 10.8. The summed E-state index contributed by atoms with van der Waals surface area (Å²) in [7, 11) is 0. The van der Waals surface area contributed by atoms with E-state index in [-0.39, 0.29) is 32.9 Å². The first-order chi connectivity index (χ1) is 14.4. The number of carbonyl (C=O) groups is 1. The molecule has 0 aromatic carbocycles. The van der Waals surface area contributed by atoms with Gasteiger partial charge < -0.3 is 4.74 Å². The number of nitriles is 1. The minimum atomic E-state index is -0.0641. The summed E-state index contributed by atoms with van der Waals surface area (Å²) in [5, 5.41) is 10.2. The van der Waals surface area contributed by atoms with Gasteiger partial charge in [0.1, 0.15) is 6.10 Å². The molecule has 3 saturated carbocycles. The second-order valence-corrected chi connectivity index (χ2v) is 13.9. The molecule has 5 aliphatic rings. The molecule has 0 aromatic rings. The number of fused-ring (bicyclic) bond motifs is 5. The van der Waals surface area contributed by atoms with Crippen molar-refractivity contribution in [1.29, 1.82) is 5.26 Å². The second kappa shape index (κ2) is 7.48. The maximum atomic E-state index is 12.1. The van der Waals surface area contributed by atoms with E-state index in [1.807, 2.05) is 6.92 Å². The van der Waals surface area contributed by atoms with Gasteiger partial charge in [0.25, 0.3) is 0 Å².